The van der Waals surface area contributed by atoms with E-state index in [2.05, 4.69) is 19.2 Å². The first-order chi connectivity index (χ1) is 12.4. The molecule has 0 saturated heterocycles. The molecule has 1 amide bonds. The van der Waals surface area contributed by atoms with Gasteiger partial charge in [0.1, 0.15) is 0 Å². The fourth-order valence-corrected chi connectivity index (χ4v) is 2.68. The lowest BCUT2D eigenvalue weighted by Gasteiger charge is -2.18. The number of halogens is 1. The number of nitrogens with one attached hydrogen (secondary N) is 1. The maximum Gasteiger partial charge on any atom is 0.311 e. The smallest absolute Gasteiger partial charge is 0.311 e. The predicted molar refractivity (Wildman–Crippen MR) is 104 cm³/mol. The molecule has 0 aliphatic rings. The average Bonchev–Trinajstić information content (AvgIpc) is 2.63. The summed E-state index contributed by atoms with van der Waals surface area (Å²) >= 11 is 5.83. The topological polar surface area (TPSA) is 55.4 Å². The maximum absolute atomic E-state index is 12.4. The molecule has 1 N–H and O–H groups in total. The second-order valence-electron chi connectivity index (χ2n) is 6.32. The van der Waals surface area contributed by atoms with Gasteiger partial charge in [-0.05, 0) is 48.6 Å². The molecule has 2 aromatic carbocycles. The Hall–Kier alpha value is -2.33. The van der Waals surface area contributed by atoms with Crippen LogP contribution in [0.1, 0.15) is 44.2 Å². The zero-order valence-electron chi connectivity index (χ0n) is 15.3. The number of carbonyl (C=O) groups is 2. The van der Waals surface area contributed by atoms with E-state index in [4.69, 9.17) is 16.3 Å². The molecule has 0 fully saturated rings. The second-order valence-corrected chi connectivity index (χ2v) is 6.76. The van der Waals surface area contributed by atoms with Crippen molar-refractivity contribution in [2.75, 3.05) is 5.32 Å². The molecule has 2 aromatic rings. The van der Waals surface area contributed by atoms with E-state index >= 15 is 0 Å². The van der Waals surface area contributed by atoms with Crippen molar-refractivity contribution in [2.45, 2.75) is 45.6 Å². The molecule has 0 unspecified atom stereocenters. The normalized spacial score (nSPS) is 12.9. The lowest BCUT2D eigenvalue weighted by molar-refractivity contribution is -0.152. The van der Waals surface area contributed by atoms with E-state index in [0.29, 0.717) is 10.9 Å². The van der Waals surface area contributed by atoms with E-state index in [1.165, 1.54) is 0 Å². The molecule has 2 atom stereocenters. The highest BCUT2D eigenvalue weighted by atomic mass is 35.5. The van der Waals surface area contributed by atoms with Gasteiger partial charge in [0.15, 0.2) is 6.10 Å². The Labute approximate surface area is 159 Å². The van der Waals surface area contributed by atoms with Crippen LogP contribution >= 0.6 is 11.6 Å². The summed E-state index contributed by atoms with van der Waals surface area (Å²) in [6.45, 7) is 5.78. The van der Waals surface area contributed by atoms with Crippen LogP contribution in [-0.4, -0.2) is 18.0 Å². The van der Waals surface area contributed by atoms with Crippen molar-refractivity contribution in [1.82, 2.24) is 0 Å². The van der Waals surface area contributed by atoms with Crippen LogP contribution in [0.5, 0.6) is 0 Å². The molecule has 5 heteroatoms. The number of rotatable bonds is 7. The monoisotopic (exact) mass is 373 g/mol. The molecule has 0 radical (unpaired) electrons. The van der Waals surface area contributed by atoms with E-state index in [9.17, 15) is 9.59 Å². The molecule has 4 nitrogen and oxygen atoms in total. The van der Waals surface area contributed by atoms with Crippen LogP contribution in [0.4, 0.5) is 5.69 Å². The Balaban J connectivity index is 1.95. The number of hydrogen-bond acceptors (Lipinski definition) is 3. The quantitative estimate of drug-likeness (QED) is 0.697. The molecule has 0 bridgehead atoms. The fourth-order valence-electron chi connectivity index (χ4n) is 2.56. The van der Waals surface area contributed by atoms with Crippen LogP contribution in [0.2, 0.25) is 5.02 Å². The second kappa shape index (κ2) is 9.39. The number of anilines is 1. The number of carbonyl (C=O) groups excluding carboxylic acids is 2. The molecule has 0 heterocycles. The molecule has 138 valence electrons. The highest BCUT2D eigenvalue weighted by molar-refractivity contribution is 6.30. The first kappa shape index (κ1) is 20.0. The summed E-state index contributed by atoms with van der Waals surface area (Å²) in [5.41, 5.74) is 2.62. The van der Waals surface area contributed by atoms with Gasteiger partial charge >= 0.3 is 5.97 Å². The minimum Gasteiger partial charge on any atom is -0.452 e. The van der Waals surface area contributed by atoms with Crippen LogP contribution in [0.3, 0.4) is 0 Å². The number of amides is 1. The van der Waals surface area contributed by atoms with Gasteiger partial charge in [-0.2, -0.15) is 0 Å². The van der Waals surface area contributed by atoms with Crippen LogP contribution in [-0.2, 0) is 20.7 Å². The van der Waals surface area contributed by atoms with Crippen LogP contribution in [0.25, 0.3) is 0 Å². The minimum atomic E-state index is -0.875. The SMILES string of the molecule is CC[C@H](C)c1ccccc1NC(=O)[C@@H](C)OC(=O)Cc1ccc(Cl)cc1. The van der Waals surface area contributed by atoms with E-state index in [1.54, 1.807) is 31.2 Å². The van der Waals surface area contributed by atoms with Gasteiger partial charge in [-0.15, -0.1) is 0 Å². The third-order valence-electron chi connectivity index (χ3n) is 4.30. The van der Waals surface area contributed by atoms with Gasteiger partial charge in [0.25, 0.3) is 5.91 Å². The summed E-state index contributed by atoms with van der Waals surface area (Å²) in [6.07, 6.45) is 0.191. The van der Waals surface area contributed by atoms with Gasteiger partial charge in [-0.1, -0.05) is 55.8 Å². The van der Waals surface area contributed by atoms with E-state index in [0.717, 1.165) is 23.2 Å². The third kappa shape index (κ3) is 5.60. The van der Waals surface area contributed by atoms with Gasteiger partial charge in [0.05, 0.1) is 6.42 Å². The van der Waals surface area contributed by atoms with Crippen molar-refractivity contribution in [2.24, 2.45) is 0 Å². The van der Waals surface area contributed by atoms with E-state index in [-0.39, 0.29) is 12.3 Å². The largest absolute Gasteiger partial charge is 0.452 e. The Morgan fingerprint density at radius 3 is 2.38 bits per heavy atom. The van der Waals surface area contributed by atoms with Crippen molar-refractivity contribution in [1.29, 1.82) is 0 Å². The molecule has 0 aliphatic heterocycles. The molecule has 0 spiro atoms. The van der Waals surface area contributed by atoms with Gasteiger partial charge in [0, 0.05) is 10.7 Å². The molecule has 0 saturated carbocycles. The molecular formula is C21H24ClNO3. The van der Waals surface area contributed by atoms with Crippen LogP contribution in [0.15, 0.2) is 48.5 Å². The van der Waals surface area contributed by atoms with Crippen LogP contribution < -0.4 is 5.32 Å². The summed E-state index contributed by atoms with van der Waals surface area (Å²) in [5.74, 6) is -0.468. The highest BCUT2D eigenvalue weighted by Crippen LogP contribution is 2.26. The van der Waals surface area contributed by atoms with Crippen LogP contribution in [0, 0.1) is 0 Å². The highest BCUT2D eigenvalue weighted by Gasteiger charge is 2.20. The Morgan fingerprint density at radius 1 is 1.08 bits per heavy atom. The molecular weight excluding hydrogens is 350 g/mol. The first-order valence-corrected chi connectivity index (χ1v) is 9.12. The van der Waals surface area contributed by atoms with Crippen molar-refractivity contribution >= 4 is 29.2 Å². The molecule has 2 rings (SSSR count). The van der Waals surface area contributed by atoms with Crippen molar-refractivity contribution in [3.8, 4) is 0 Å². The predicted octanol–water partition coefficient (Wildman–Crippen LogP) is 4.97. The maximum atomic E-state index is 12.4. The van der Waals surface area contributed by atoms with Crippen molar-refractivity contribution in [3.05, 3.63) is 64.7 Å². The third-order valence-corrected chi connectivity index (χ3v) is 4.55. The van der Waals surface area contributed by atoms with E-state index in [1.807, 2.05) is 24.3 Å². The summed E-state index contributed by atoms with van der Waals surface area (Å²) in [4.78, 5) is 24.5. The zero-order chi connectivity index (χ0) is 19.1. The lowest BCUT2D eigenvalue weighted by atomic mass is 9.97. The first-order valence-electron chi connectivity index (χ1n) is 8.74. The Morgan fingerprint density at radius 2 is 1.73 bits per heavy atom. The Bertz CT molecular complexity index is 758. The summed E-state index contributed by atoms with van der Waals surface area (Å²) in [7, 11) is 0. The lowest BCUT2D eigenvalue weighted by Crippen LogP contribution is -2.30. The fraction of sp³-hybridized carbons (Fsp3) is 0.333. The average molecular weight is 374 g/mol. The minimum absolute atomic E-state index is 0.0955. The zero-order valence-corrected chi connectivity index (χ0v) is 16.0. The standard InChI is InChI=1S/C21H24ClNO3/c1-4-14(2)18-7-5-6-8-19(18)23-21(25)15(3)26-20(24)13-16-9-11-17(22)12-10-16/h5-12,14-15H,4,13H2,1-3H3,(H,23,25)/t14-,15+/m0/s1. The van der Waals surface area contributed by atoms with Gasteiger partial charge < -0.3 is 10.1 Å². The van der Waals surface area contributed by atoms with Gasteiger partial charge in [-0.25, -0.2) is 0 Å². The van der Waals surface area contributed by atoms with Crippen molar-refractivity contribution in [3.63, 3.8) is 0 Å². The summed E-state index contributed by atoms with van der Waals surface area (Å²) < 4.78 is 5.26. The number of ether oxygens (including phenoxy) is 1. The molecule has 0 aromatic heterocycles. The summed E-state index contributed by atoms with van der Waals surface area (Å²) in [5, 5.41) is 3.47. The van der Waals surface area contributed by atoms with Gasteiger partial charge in [0.2, 0.25) is 0 Å². The molecule has 26 heavy (non-hydrogen) atoms. The summed E-state index contributed by atoms with van der Waals surface area (Å²) in [6, 6.07) is 14.6. The van der Waals surface area contributed by atoms with Crippen molar-refractivity contribution < 1.29 is 14.3 Å². The number of hydrogen-bond donors (Lipinski definition) is 1. The van der Waals surface area contributed by atoms with E-state index < -0.39 is 12.1 Å². The number of para-hydroxylation sites is 1. The number of benzene rings is 2. The molecule has 0 aliphatic carbocycles. The Kier molecular flexibility index (Phi) is 7.22. The number of esters is 1. The van der Waals surface area contributed by atoms with Gasteiger partial charge in [-0.3, -0.25) is 9.59 Å².